The molecule has 2 N–H and O–H groups in total. The van der Waals surface area contributed by atoms with Crippen molar-refractivity contribution in [2.75, 3.05) is 51.3 Å². The van der Waals surface area contributed by atoms with E-state index in [2.05, 4.69) is 10.6 Å². The average Bonchev–Trinajstić information content (AvgIpc) is 2.68. The van der Waals surface area contributed by atoms with Gasteiger partial charge in [-0.05, 0) is 24.6 Å². The molecular formula is C19H26N4O4. The van der Waals surface area contributed by atoms with Crippen molar-refractivity contribution in [2.45, 2.75) is 19.4 Å². The number of carbonyl (C=O) groups excluding carboxylic acids is 3. The molecule has 2 aliphatic heterocycles. The molecule has 8 nitrogen and oxygen atoms in total. The fraction of sp³-hybridized carbons (Fsp3) is 0.526. The second-order valence-corrected chi connectivity index (χ2v) is 6.73. The lowest BCUT2D eigenvalue weighted by Crippen LogP contribution is -2.56. The average molecular weight is 374 g/mol. The molecule has 0 aliphatic carbocycles. The van der Waals surface area contributed by atoms with Crippen LogP contribution in [0.25, 0.3) is 0 Å². The highest BCUT2D eigenvalue weighted by Crippen LogP contribution is 2.17. The molecule has 0 saturated carbocycles. The third-order valence-corrected chi connectivity index (χ3v) is 4.84. The summed E-state index contributed by atoms with van der Waals surface area (Å²) in [6, 6.07) is 6.42. The third-order valence-electron chi connectivity index (χ3n) is 4.84. The number of anilines is 1. The molecule has 0 unspecified atom stereocenters. The third kappa shape index (κ3) is 4.84. The zero-order chi connectivity index (χ0) is 19.2. The first-order valence-electron chi connectivity index (χ1n) is 9.37. The number of ether oxygens (including phenoxy) is 1. The molecule has 2 aliphatic rings. The molecule has 8 heteroatoms. The monoisotopic (exact) mass is 374 g/mol. The van der Waals surface area contributed by atoms with Crippen LogP contribution in [0.1, 0.15) is 23.7 Å². The van der Waals surface area contributed by atoms with Gasteiger partial charge in [-0.3, -0.25) is 19.3 Å². The Bertz CT molecular complexity index is 703. The maximum absolute atomic E-state index is 12.9. The number of amides is 3. The molecular weight excluding hydrogens is 348 g/mol. The predicted octanol–water partition coefficient (Wildman–Crippen LogP) is 0.308. The maximum atomic E-state index is 12.9. The summed E-state index contributed by atoms with van der Waals surface area (Å²) in [6.07, 6.45) is 0.563. The quantitative estimate of drug-likeness (QED) is 0.774. The van der Waals surface area contributed by atoms with Crippen molar-refractivity contribution in [3.8, 4) is 0 Å². The number of benzene rings is 1. The van der Waals surface area contributed by atoms with E-state index in [0.717, 1.165) is 13.1 Å². The van der Waals surface area contributed by atoms with Gasteiger partial charge in [0.1, 0.15) is 6.04 Å². The topological polar surface area (TPSA) is 91.0 Å². The van der Waals surface area contributed by atoms with Gasteiger partial charge in [-0.25, -0.2) is 0 Å². The molecule has 0 aromatic heterocycles. The van der Waals surface area contributed by atoms with E-state index in [4.69, 9.17) is 4.74 Å². The van der Waals surface area contributed by atoms with Crippen LogP contribution < -0.4 is 10.6 Å². The van der Waals surface area contributed by atoms with Crippen molar-refractivity contribution in [2.24, 2.45) is 0 Å². The molecule has 1 atom stereocenters. The van der Waals surface area contributed by atoms with Gasteiger partial charge in [0.25, 0.3) is 5.91 Å². The lowest BCUT2D eigenvalue weighted by molar-refractivity contribution is -0.127. The Morgan fingerprint density at radius 1 is 1.26 bits per heavy atom. The minimum Gasteiger partial charge on any atom is -0.379 e. The van der Waals surface area contributed by atoms with Crippen molar-refractivity contribution in [3.05, 3.63) is 29.8 Å². The predicted molar refractivity (Wildman–Crippen MR) is 100 cm³/mol. The van der Waals surface area contributed by atoms with E-state index < -0.39 is 6.04 Å². The van der Waals surface area contributed by atoms with Gasteiger partial charge in [0.2, 0.25) is 11.8 Å². The first-order valence-corrected chi connectivity index (χ1v) is 9.37. The van der Waals surface area contributed by atoms with E-state index >= 15 is 0 Å². The van der Waals surface area contributed by atoms with Crippen molar-refractivity contribution in [3.63, 3.8) is 0 Å². The summed E-state index contributed by atoms with van der Waals surface area (Å²) in [5, 5.41) is 5.64. The smallest absolute Gasteiger partial charge is 0.254 e. The number of nitrogens with zero attached hydrogens (tertiary/aromatic N) is 2. The normalized spacial score (nSPS) is 20.9. The largest absolute Gasteiger partial charge is 0.379 e. The first kappa shape index (κ1) is 19.3. The number of nitrogens with one attached hydrogen (secondary N) is 2. The maximum Gasteiger partial charge on any atom is 0.254 e. The van der Waals surface area contributed by atoms with Crippen LogP contribution in [0.5, 0.6) is 0 Å². The Kier molecular flexibility index (Phi) is 6.41. The van der Waals surface area contributed by atoms with Crippen LogP contribution in [-0.2, 0) is 14.3 Å². The summed E-state index contributed by atoms with van der Waals surface area (Å²) in [4.78, 5) is 40.8. The Hall–Kier alpha value is -2.45. The van der Waals surface area contributed by atoms with Gasteiger partial charge in [-0.1, -0.05) is 13.0 Å². The van der Waals surface area contributed by atoms with Gasteiger partial charge < -0.3 is 20.3 Å². The second-order valence-electron chi connectivity index (χ2n) is 6.73. The van der Waals surface area contributed by atoms with Gasteiger partial charge >= 0.3 is 0 Å². The van der Waals surface area contributed by atoms with Crippen molar-refractivity contribution >= 4 is 23.4 Å². The van der Waals surface area contributed by atoms with Gasteiger partial charge in [0, 0.05) is 37.4 Å². The molecule has 2 heterocycles. The molecule has 0 spiro atoms. The van der Waals surface area contributed by atoms with Crippen LogP contribution in [0.2, 0.25) is 0 Å². The van der Waals surface area contributed by atoms with E-state index in [1.165, 1.54) is 0 Å². The van der Waals surface area contributed by atoms with E-state index in [1.54, 1.807) is 29.2 Å². The Morgan fingerprint density at radius 3 is 2.78 bits per heavy atom. The summed E-state index contributed by atoms with van der Waals surface area (Å²) in [6.45, 7) is 5.87. The molecule has 27 heavy (non-hydrogen) atoms. The molecule has 2 fully saturated rings. The van der Waals surface area contributed by atoms with E-state index in [1.807, 2.05) is 11.8 Å². The summed E-state index contributed by atoms with van der Waals surface area (Å²) >= 11 is 0. The first-order chi connectivity index (χ1) is 13.1. The van der Waals surface area contributed by atoms with E-state index in [-0.39, 0.29) is 17.7 Å². The van der Waals surface area contributed by atoms with Crippen molar-refractivity contribution in [1.82, 2.24) is 15.1 Å². The zero-order valence-electron chi connectivity index (χ0n) is 15.6. The van der Waals surface area contributed by atoms with Crippen LogP contribution in [0.4, 0.5) is 5.69 Å². The van der Waals surface area contributed by atoms with Crippen LogP contribution in [0.3, 0.4) is 0 Å². The SMILES string of the molecule is CC[C@H]1C(=O)NCCN1C(=O)c1cccc(NC(=O)CN2CCOCC2)c1. The minimum absolute atomic E-state index is 0.118. The molecule has 0 bridgehead atoms. The lowest BCUT2D eigenvalue weighted by Gasteiger charge is -2.34. The highest BCUT2D eigenvalue weighted by Gasteiger charge is 2.32. The number of hydrogen-bond donors (Lipinski definition) is 2. The Balaban J connectivity index is 1.64. The van der Waals surface area contributed by atoms with Crippen LogP contribution in [0.15, 0.2) is 24.3 Å². The molecule has 1 aromatic rings. The highest BCUT2D eigenvalue weighted by atomic mass is 16.5. The number of rotatable bonds is 5. The molecule has 146 valence electrons. The Morgan fingerprint density at radius 2 is 2.04 bits per heavy atom. The van der Waals surface area contributed by atoms with Gasteiger partial charge in [-0.2, -0.15) is 0 Å². The summed E-state index contributed by atoms with van der Waals surface area (Å²) < 4.78 is 5.28. The molecule has 3 rings (SSSR count). The lowest BCUT2D eigenvalue weighted by atomic mass is 10.1. The van der Waals surface area contributed by atoms with E-state index in [9.17, 15) is 14.4 Å². The number of piperazine rings is 1. The Labute approximate surface area is 158 Å². The summed E-state index contributed by atoms with van der Waals surface area (Å²) in [5.41, 5.74) is 1.04. The molecule has 2 saturated heterocycles. The zero-order valence-corrected chi connectivity index (χ0v) is 15.6. The highest BCUT2D eigenvalue weighted by molar-refractivity contribution is 6.00. The van der Waals surface area contributed by atoms with Gasteiger partial charge in [0.15, 0.2) is 0 Å². The van der Waals surface area contributed by atoms with Crippen molar-refractivity contribution < 1.29 is 19.1 Å². The number of hydrogen-bond acceptors (Lipinski definition) is 5. The minimum atomic E-state index is -0.453. The summed E-state index contributed by atoms with van der Waals surface area (Å²) in [7, 11) is 0. The number of morpholine rings is 1. The van der Waals surface area contributed by atoms with Gasteiger partial charge in [0.05, 0.1) is 19.8 Å². The number of carbonyl (C=O) groups is 3. The molecule has 3 amide bonds. The molecule has 0 radical (unpaired) electrons. The fourth-order valence-electron chi connectivity index (χ4n) is 3.42. The van der Waals surface area contributed by atoms with Crippen LogP contribution in [-0.4, -0.2) is 79.5 Å². The van der Waals surface area contributed by atoms with E-state index in [0.29, 0.717) is 50.5 Å². The standard InChI is InChI=1S/C19H26N4O4/c1-2-16-18(25)20-6-7-23(16)19(26)14-4-3-5-15(12-14)21-17(24)13-22-8-10-27-11-9-22/h3-5,12,16H,2,6-11,13H2,1H3,(H,20,25)(H,21,24)/t16-/m0/s1. The summed E-state index contributed by atoms with van der Waals surface area (Å²) in [5.74, 6) is -0.432. The second kappa shape index (κ2) is 8.96. The fourth-order valence-corrected chi connectivity index (χ4v) is 3.42. The van der Waals surface area contributed by atoms with Gasteiger partial charge in [-0.15, -0.1) is 0 Å². The molecule has 1 aromatic carbocycles. The van der Waals surface area contributed by atoms with Crippen LogP contribution in [0, 0.1) is 0 Å². The van der Waals surface area contributed by atoms with Crippen molar-refractivity contribution in [1.29, 1.82) is 0 Å². The van der Waals surface area contributed by atoms with Crippen LogP contribution >= 0.6 is 0 Å².